The molecule has 0 aliphatic rings. The fourth-order valence-electron chi connectivity index (χ4n) is 4.79. The molecular weight excluding hydrogens is 512 g/mol. The number of rotatable bonds is 10. The predicted octanol–water partition coefficient (Wildman–Crippen LogP) is 7.90. The lowest BCUT2D eigenvalue weighted by Gasteiger charge is -2.25. The number of anilines is 4. The number of carbonyl (C=O) groups excluding carboxylic acids is 2. The quantitative estimate of drug-likeness (QED) is 0.132. The number of aldehydes is 2. The van der Waals surface area contributed by atoms with Crippen molar-refractivity contribution >= 4 is 58.4 Å². The molecule has 0 unspecified atom stereocenters. The molecule has 4 aromatic carbocycles. The van der Waals surface area contributed by atoms with E-state index in [0.29, 0.717) is 22.3 Å². The van der Waals surface area contributed by atoms with Crippen LogP contribution in [0.15, 0.2) is 106 Å². The van der Waals surface area contributed by atoms with Crippen LogP contribution in [0.25, 0.3) is 23.1 Å². The first-order chi connectivity index (χ1) is 20.0. The van der Waals surface area contributed by atoms with Gasteiger partial charge in [0.05, 0.1) is 5.56 Å². The first-order valence-electron chi connectivity index (χ1n) is 13.5. The van der Waals surface area contributed by atoms with Crippen molar-refractivity contribution < 1.29 is 14.0 Å². The standard InChI is InChI=1S/C35H30N2O4/c1-3-36(4-2)33-20-13-28-21-29(35(40)41-34(28)22-33)12-5-25-6-14-30(15-7-25)37(31-16-8-26(23-38)9-17-31)32-18-10-27(24-39)11-19-32/h5-24H,3-4H2,1-2H3/b12-5+. The van der Waals surface area contributed by atoms with Crippen molar-refractivity contribution in [1.29, 1.82) is 0 Å². The monoisotopic (exact) mass is 542 g/mol. The van der Waals surface area contributed by atoms with Crippen LogP contribution in [0, 0.1) is 0 Å². The zero-order valence-corrected chi connectivity index (χ0v) is 23.0. The number of carbonyl (C=O) groups is 2. The maximum absolute atomic E-state index is 12.7. The molecule has 0 saturated carbocycles. The van der Waals surface area contributed by atoms with E-state index in [1.807, 2.05) is 83.8 Å². The van der Waals surface area contributed by atoms with Crippen molar-refractivity contribution in [1.82, 2.24) is 0 Å². The van der Waals surface area contributed by atoms with E-state index in [4.69, 9.17) is 4.42 Å². The molecule has 1 aromatic heterocycles. The van der Waals surface area contributed by atoms with E-state index >= 15 is 0 Å². The molecule has 0 fully saturated rings. The molecule has 41 heavy (non-hydrogen) atoms. The first-order valence-corrected chi connectivity index (χ1v) is 13.5. The molecule has 6 nitrogen and oxygen atoms in total. The van der Waals surface area contributed by atoms with Crippen molar-refractivity contribution in [3.63, 3.8) is 0 Å². The molecule has 6 heteroatoms. The summed E-state index contributed by atoms with van der Waals surface area (Å²) in [6.45, 7) is 5.95. The molecule has 0 amide bonds. The Labute approximate surface area is 238 Å². The van der Waals surface area contributed by atoms with Gasteiger partial charge in [0.1, 0.15) is 18.2 Å². The highest BCUT2D eigenvalue weighted by atomic mass is 16.4. The van der Waals surface area contributed by atoms with Crippen LogP contribution in [0.3, 0.4) is 0 Å². The summed E-state index contributed by atoms with van der Waals surface area (Å²) < 4.78 is 5.66. The highest BCUT2D eigenvalue weighted by Gasteiger charge is 2.13. The van der Waals surface area contributed by atoms with E-state index in [-0.39, 0.29) is 5.63 Å². The topological polar surface area (TPSA) is 70.8 Å². The van der Waals surface area contributed by atoms with Crippen LogP contribution >= 0.6 is 0 Å². The van der Waals surface area contributed by atoms with E-state index in [2.05, 4.69) is 18.7 Å². The Balaban J connectivity index is 1.43. The van der Waals surface area contributed by atoms with Gasteiger partial charge in [-0.05, 0) is 104 Å². The van der Waals surface area contributed by atoms with Crippen LogP contribution in [-0.4, -0.2) is 25.7 Å². The lowest BCUT2D eigenvalue weighted by atomic mass is 10.1. The minimum atomic E-state index is -0.384. The molecule has 0 spiro atoms. The van der Waals surface area contributed by atoms with Gasteiger partial charge in [0.2, 0.25) is 0 Å². The van der Waals surface area contributed by atoms with Gasteiger partial charge in [0.25, 0.3) is 0 Å². The number of benzene rings is 4. The van der Waals surface area contributed by atoms with Gasteiger partial charge in [-0.25, -0.2) is 4.79 Å². The summed E-state index contributed by atoms with van der Waals surface area (Å²) in [7, 11) is 0. The Hall–Kier alpha value is -5.23. The second kappa shape index (κ2) is 12.3. The molecule has 0 aliphatic carbocycles. The summed E-state index contributed by atoms with van der Waals surface area (Å²) >= 11 is 0. The van der Waals surface area contributed by atoms with E-state index in [0.717, 1.165) is 59.4 Å². The minimum absolute atomic E-state index is 0.384. The normalized spacial score (nSPS) is 11.1. The van der Waals surface area contributed by atoms with Crippen molar-refractivity contribution in [2.24, 2.45) is 0 Å². The Kier molecular flexibility index (Phi) is 8.20. The molecule has 0 N–H and O–H groups in total. The largest absolute Gasteiger partial charge is 0.422 e. The summed E-state index contributed by atoms with van der Waals surface area (Å²) in [4.78, 5) is 39.3. The van der Waals surface area contributed by atoms with E-state index in [1.54, 1.807) is 30.3 Å². The number of nitrogens with zero attached hydrogens (tertiary/aromatic N) is 2. The Morgan fingerprint density at radius 3 is 1.59 bits per heavy atom. The predicted molar refractivity (Wildman–Crippen MR) is 167 cm³/mol. The van der Waals surface area contributed by atoms with Gasteiger partial charge < -0.3 is 14.2 Å². The average Bonchev–Trinajstić information content (AvgIpc) is 3.02. The molecule has 0 bridgehead atoms. The van der Waals surface area contributed by atoms with Gasteiger partial charge >= 0.3 is 5.63 Å². The van der Waals surface area contributed by atoms with Gasteiger partial charge in [-0.2, -0.15) is 0 Å². The minimum Gasteiger partial charge on any atom is -0.422 e. The molecule has 5 aromatic rings. The van der Waals surface area contributed by atoms with E-state index < -0.39 is 0 Å². The lowest BCUT2D eigenvalue weighted by Crippen LogP contribution is -2.21. The third kappa shape index (κ3) is 6.02. The number of hydrogen-bond donors (Lipinski definition) is 0. The summed E-state index contributed by atoms with van der Waals surface area (Å²) in [5.74, 6) is 0. The fraction of sp³-hybridized carbons (Fsp3) is 0.114. The third-order valence-electron chi connectivity index (χ3n) is 7.06. The Morgan fingerprint density at radius 2 is 1.10 bits per heavy atom. The van der Waals surface area contributed by atoms with Gasteiger partial charge in [-0.3, -0.25) is 9.59 Å². The fourth-order valence-corrected chi connectivity index (χ4v) is 4.79. The van der Waals surface area contributed by atoms with Gasteiger partial charge in [0, 0.05) is 58.4 Å². The third-order valence-corrected chi connectivity index (χ3v) is 7.06. The number of fused-ring (bicyclic) bond motifs is 1. The van der Waals surface area contributed by atoms with Crippen molar-refractivity contribution in [2.75, 3.05) is 22.9 Å². The molecule has 0 saturated heterocycles. The molecule has 1 heterocycles. The Bertz CT molecular complexity index is 1700. The summed E-state index contributed by atoms with van der Waals surface area (Å²) in [5, 5.41) is 0.868. The highest BCUT2D eigenvalue weighted by Crippen LogP contribution is 2.35. The van der Waals surface area contributed by atoms with Crippen LogP contribution < -0.4 is 15.4 Å². The van der Waals surface area contributed by atoms with Crippen LogP contribution in [0.2, 0.25) is 0 Å². The molecule has 5 rings (SSSR count). The lowest BCUT2D eigenvalue weighted by molar-refractivity contribution is 0.111. The van der Waals surface area contributed by atoms with Crippen LogP contribution in [0.5, 0.6) is 0 Å². The average molecular weight is 543 g/mol. The van der Waals surface area contributed by atoms with Crippen molar-refractivity contribution in [3.05, 3.63) is 130 Å². The summed E-state index contributed by atoms with van der Waals surface area (Å²) in [5.41, 5.74) is 6.43. The van der Waals surface area contributed by atoms with Crippen LogP contribution in [0.1, 0.15) is 45.7 Å². The number of hydrogen-bond acceptors (Lipinski definition) is 6. The second-order valence-electron chi connectivity index (χ2n) is 9.56. The van der Waals surface area contributed by atoms with Gasteiger partial charge in [0.15, 0.2) is 0 Å². The van der Waals surface area contributed by atoms with Crippen molar-refractivity contribution in [3.8, 4) is 0 Å². The molecule has 204 valence electrons. The van der Waals surface area contributed by atoms with Crippen LogP contribution in [-0.2, 0) is 0 Å². The Morgan fingerprint density at radius 1 is 0.610 bits per heavy atom. The van der Waals surface area contributed by atoms with Gasteiger partial charge in [-0.1, -0.05) is 18.2 Å². The van der Waals surface area contributed by atoms with E-state index in [1.165, 1.54) is 0 Å². The molecule has 0 radical (unpaired) electrons. The molecular formula is C35H30N2O4. The van der Waals surface area contributed by atoms with Crippen LogP contribution in [0.4, 0.5) is 22.7 Å². The highest BCUT2D eigenvalue weighted by molar-refractivity contribution is 5.85. The SMILES string of the molecule is CCN(CC)c1ccc2cc(/C=C/c3ccc(N(c4ccc(C=O)cc4)c4ccc(C=O)cc4)cc3)c(=O)oc2c1. The zero-order chi connectivity index (χ0) is 28.8. The molecule has 0 atom stereocenters. The second-order valence-corrected chi connectivity index (χ2v) is 9.56. The maximum atomic E-state index is 12.7. The van der Waals surface area contributed by atoms with E-state index in [9.17, 15) is 14.4 Å². The maximum Gasteiger partial charge on any atom is 0.343 e. The smallest absolute Gasteiger partial charge is 0.343 e. The zero-order valence-electron chi connectivity index (χ0n) is 23.0. The summed E-state index contributed by atoms with van der Waals surface area (Å²) in [6, 6.07) is 30.3. The first kappa shape index (κ1) is 27.3. The molecule has 0 aliphatic heterocycles. The van der Waals surface area contributed by atoms with Crippen molar-refractivity contribution in [2.45, 2.75) is 13.8 Å². The summed E-state index contributed by atoms with van der Waals surface area (Å²) in [6.07, 6.45) is 5.28. The van der Waals surface area contributed by atoms with Gasteiger partial charge in [-0.15, -0.1) is 0 Å².